The summed E-state index contributed by atoms with van der Waals surface area (Å²) in [4.78, 5) is 16.4. The molecule has 0 spiro atoms. The molecule has 1 aliphatic heterocycles. The summed E-state index contributed by atoms with van der Waals surface area (Å²) in [5.41, 5.74) is 1.49. The highest BCUT2D eigenvalue weighted by Crippen LogP contribution is 2.44. The van der Waals surface area contributed by atoms with Gasteiger partial charge in [0.15, 0.2) is 5.82 Å². The van der Waals surface area contributed by atoms with Crippen molar-refractivity contribution in [3.63, 3.8) is 0 Å². The molecule has 188 valence electrons. The van der Waals surface area contributed by atoms with Crippen molar-refractivity contribution in [2.45, 2.75) is 44.1 Å². The predicted octanol–water partition coefficient (Wildman–Crippen LogP) is 3.75. The van der Waals surface area contributed by atoms with Gasteiger partial charge in [-0.2, -0.15) is 4.31 Å². The molecule has 14 heteroatoms. The summed E-state index contributed by atoms with van der Waals surface area (Å²) in [6.07, 6.45) is -2.83. The minimum Gasteiger partial charge on any atom is -0.391 e. The Morgan fingerprint density at radius 1 is 1.23 bits per heavy atom. The zero-order chi connectivity index (χ0) is 25.7. The summed E-state index contributed by atoms with van der Waals surface area (Å²) in [6, 6.07) is 3.85. The summed E-state index contributed by atoms with van der Waals surface area (Å²) in [6.45, 7) is 3.55. The summed E-state index contributed by atoms with van der Waals surface area (Å²) in [7, 11) is -4.41. The van der Waals surface area contributed by atoms with Crippen molar-refractivity contribution in [1.82, 2.24) is 19.5 Å². The van der Waals surface area contributed by atoms with Crippen LogP contribution in [-0.2, 0) is 10.0 Å². The maximum absolute atomic E-state index is 15.0. The Labute approximate surface area is 203 Å². The van der Waals surface area contributed by atoms with Gasteiger partial charge in [0.2, 0.25) is 15.9 Å². The quantitative estimate of drug-likeness (QED) is 0.482. The van der Waals surface area contributed by atoms with E-state index in [9.17, 15) is 22.0 Å². The highest BCUT2D eigenvalue weighted by atomic mass is 35.5. The second-order valence-corrected chi connectivity index (χ2v) is 10.4. The number of aromatic amines is 1. The molecule has 1 aromatic carbocycles. The van der Waals surface area contributed by atoms with E-state index >= 15 is 4.39 Å². The molecule has 3 heterocycles. The molecule has 0 amide bonds. The normalized spacial score (nSPS) is 17.4. The fourth-order valence-corrected chi connectivity index (χ4v) is 6.21. The SMILES string of the molecule is Cc1ccc(F)c([C@@H](C)[C@@H](c2n[nH]c(=O)o2)N2CN(CC(F)F)c3nc(Cl)ccc3S2(=O)=O)c1C. The van der Waals surface area contributed by atoms with Gasteiger partial charge in [0.1, 0.15) is 21.9 Å². The van der Waals surface area contributed by atoms with E-state index in [4.69, 9.17) is 16.0 Å². The third-order valence-electron chi connectivity index (χ3n) is 6.04. The van der Waals surface area contributed by atoms with Crippen LogP contribution in [0.2, 0.25) is 5.15 Å². The number of aromatic nitrogens is 3. The molecule has 0 bridgehead atoms. The van der Waals surface area contributed by atoms with Gasteiger partial charge >= 0.3 is 5.76 Å². The number of hydrogen-bond donors (Lipinski definition) is 1. The Hall–Kier alpha value is -2.90. The van der Waals surface area contributed by atoms with E-state index in [2.05, 4.69) is 15.2 Å². The smallest absolute Gasteiger partial charge is 0.391 e. The number of rotatable bonds is 6. The van der Waals surface area contributed by atoms with E-state index < -0.39 is 53.2 Å². The first-order valence-corrected chi connectivity index (χ1v) is 12.3. The number of alkyl halides is 2. The van der Waals surface area contributed by atoms with Crippen molar-refractivity contribution >= 4 is 27.4 Å². The molecule has 0 saturated heterocycles. The molecule has 0 unspecified atom stereocenters. The number of nitrogens with zero attached hydrogens (tertiary/aromatic N) is 4. The molecule has 35 heavy (non-hydrogen) atoms. The summed E-state index contributed by atoms with van der Waals surface area (Å²) in [5.74, 6) is -3.07. The minimum absolute atomic E-state index is 0.0765. The van der Waals surface area contributed by atoms with E-state index in [0.717, 1.165) is 20.8 Å². The number of H-pyrrole nitrogens is 1. The van der Waals surface area contributed by atoms with Gasteiger partial charge < -0.3 is 9.32 Å². The first-order valence-electron chi connectivity index (χ1n) is 10.4. The molecular formula is C21H21ClF3N5O4S. The van der Waals surface area contributed by atoms with Gasteiger partial charge in [-0.25, -0.2) is 36.5 Å². The molecule has 9 nitrogen and oxygen atoms in total. The number of hydrogen-bond acceptors (Lipinski definition) is 7. The Morgan fingerprint density at radius 3 is 2.57 bits per heavy atom. The van der Waals surface area contributed by atoms with E-state index in [1.54, 1.807) is 26.8 Å². The Bertz CT molecular complexity index is 1430. The highest BCUT2D eigenvalue weighted by Gasteiger charge is 2.46. The van der Waals surface area contributed by atoms with Gasteiger partial charge in [0, 0.05) is 5.92 Å². The number of pyridine rings is 1. The van der Waals surface area contributed by atoms with Crippen LogP contribution in [0.25, 0.3) is 0 Å². The molecule has 2 aromatic heterocycles. The van der Waals surface area contributed by atoms with E-state index in [1.165, 1.54) is 12.1 Å². The zero-order valence-corrected chi connectivity index (χ0v) is 20.4. The third kappa shape index (κ3) is 4.55. The predicted molar refractivity (Wildman–Crippen MR) is 121 cm³/mol. The van der Waals surface area contributed by atoms with Crippen LogP contribution in [0.1, 0.15) is 41.5 Å². The number of anilines is 1. The molecule has 0 fully saturated rings. The average Bonchev–Trinajstić information content (AvgIpc) is 3.19. The lowest BCUT2D eigenvalue weighted by Gasteiger charge is -2.41. The summed E-state index contributed by atoms with van der Waals surface area (Å²) in [5, 5.41) is 5.81. The lowest BCUT2D eigenvalue weighted by molar-refractivity contribution is 0.146. The van der Waals surface area contributed by atoms with E-state index in [1.807, 2.05) is 0 Å². The van der Waals surface area contributed by atoms with Crippen LogP contribution >= 0.6 is 11.6 Å². The van der Waals surface area contributed by atoms with Gasteiger partial charge in [0.05, 0.1) is 13.2 Å². The van der Waals surface area contributed by atoms with Gasteiger partial charge in [-0.05, 0) is 48.7 Å². The maximum Gasteiger partial charge on any atom is 0.434 e. The van der Waals surface area contributed by atoms with Gasteiger partial charge in [-0.1, -0.05) is 24.6 Å². The lowest BCUT2D eigenvalue weighted by atomic mass is 9.87. The first-order chi connectivity index (χ1) is 16.4. The van der Waals surface area contributed by atoms with Crippen LogP contribution in [0.3, 0.4) is 0 Å². The van der Waals surface area contributed by atoms with Crippen LogP contribution < -0.4 is 10.7 Å². The lowest BCUT2D eigenvalue weighted by Crippen LogP contribution is -2.50. The van der Waals surface area contributed by atoms with Crippen LogP contribution in [0.4, 0.5) is 19.0 Å². The van der Waals surface area contributed by atoms with Crippen LogP contribution in [0, 0.1) is 19.7 Å². The molecule has 4 rings (SSSR count). The number of halogens is 4. The number of benzene rings is 1. The van der Waals surface area contributed by atoms with Crippen molar-refractivity contribution in [1.29, 1.82) is 0 Å². The van der Waals surface area contributed by atoms with Gasteiger partial charge in [0.25, 0.3) is 6.43 Å². The van der Waals surface area contributed by atoms with Crippen molar-refractivity contribution in [2.75, 3.05) is 18.1 Å². The minimum atomic E-state index is -4.41. The number of aryl methyl sites for hydroxylation is 1. The molecule has 2 atom stereocenters. The highest BCUT2D eigenvalue weighted by molar-refractivity contribution is 7.89. The molecular weight excluding hydrogens is 511 g/mol. The molecule has 3 aromatic rings. The van der Waals surface area contributed by atoms with Crippen molar-refractivity contribution < 1.29 is 26.0 Å². The third-order valence-corrected chi connectivity index (χ3v) is 8.08. The average molecular weight is 532 g/mol. The topological polar surface area (TPSA) is 112 Å². The summed E-state index contributed by atoms with van der Waals surface area (Å²) >= 11 is 5.91. The Morgan fingerprint density at radius 2 is 1.94 bits per heavy atom. The first kappa shape index (κ1) is 25.2. The second kappa shape index (κ2) is 9.28. The molecule has 0 aliphatic carbocycles. The zero-order valence-electron chi connectivity index (χ0n) is 18.8. The number of sulfonamides is 1. The summed E-state index contributed by atoms with van der Waals surface area (Å²) < 4.78 is 75.3. The second-order valence-electron chi connectivity index (χ2n) is 8.19. The monoisotopic (exact) mass is 531 g/mol. The van der Waals surface area contributed by atoms with E-state index in [0.29, 0.717) is 5.56 Å². The van der Waals surface area contributed by atoms with Crippen LogP contribution in [0.5, 0.6) is 0 Å². The Balaban J connectivity index is 1.93. The molecule has 0 radical (unpaired) electrons. The van der Waals surface area contributed by atoms with Crippen molar-refractivity contribution in [3.8, 4) is 0 Å². The van der Waals surface area contributed by atoms with Crippen LogP contribution in [-0.4, -0.2) is 47.5 Å². The molecule has 1 aliphatic rings. The Kier molecular flexibility index (Phi) is 6.68. The number of nitrogens with one attached hydrogen (secondary N) is 1. The standard InChI is InChI=1S/C21H21ClF3N5O4S/c1-10-4-5-13(23)17(11(10)2)12(3)18(20-27-28-21(31)34-20)30-9-29(8-16(24)25)19-14(35(30,32)33)6-7-15(22)26-19/h4-7,12,16,18H,8-9H2,1-3H3,(H,28,31)/t12-,18+/m1/s1. The van der Waals surface area contributed by atoms with Crippen molar-refractivity contribution in [3.05, 3.63) is 68.4 Å². The fraction of sp³-hybridized carbons (Fsp3) is 0.381. The van der Waals surface area contributed by atoms with Crippen LogP contribution in [0.15, 0.2) is 38.4 Å². The van der Waals surface area contributed by atoms with E-state index in [-0.39, 0.29) is 27.3 Å². The number of fused-ring (bicyclic) bond motifs is 1. The van der Waals surface area contributed by atoms with Gasteiger partial charge in [-0.15, -0.1) is 5.10 Å². The fourth-order valence-electron chi connectivity index (χ4n) is 4.30. The molecule has 1 N–H and O–H groups in total. The largest absolute Gasteiger partial charge is 0.434 e. The molecule has 0 saturated carbocycles. The van der Waals surface area contributed by atoms with Crippen molar-refractivity contribution in [2.24, 2.45) is 0 Å². The van der Waals surface area contributed by atoms with Gasteiger partial charge in [-0.3, -0.25) is 0 Å². The maximum atomic E-state index is 15.0.